The van der Waals surface area contributed by atoms with Gasteiger partial charge in [0.2, 0.25) is 10.0 Å². The molecule has 0 spiro atoms. The largest absolute Gasteiger partial charge is 0.312 e. The van der Waals surface area contributed by atoms with Gasteiger partial charge in [-0.1, -0.05) is 19.8 Å². The second kappa shape index (κ2) is 10.6. The fourth-order valence-corrected chi connectivity index (χ4v) is 4.92. The Kier molecular flexibility index (Phi) is 9.59. The fraction of sp³-hybridized carbons (Fsp3) is 0.714. The maximum absolute atomic E-state index is 12.3. The van der Waals surface area contributed by atoms with Gasteiger partial charge in [-0.05, 0) is 42.8 Å². The smallest absolute Gasteiger partial charge is 0.241 e. The highest BCUT2D eigenvalue weighted by Gasteiger charge is 2.18. The molecule has 1 rings (SSSR count). The van der Waals surface area contributed by atoms with Gasteiger partial charge in [-0.3, -0.25) is 0 Å². The molecule has 0 saturated heterocycles. The second-order valence-electron chi connectivity index (χ2n) is 4.79. The van der Waals surface area contributed by atoms with E-state index in [0.717, 1.165) is 24.3 Å². The molecule has 0 unspecified atom stereocenters. The summed E-state index contributed by atoms with van der Waals surface area (Å²) in [7, 11) is -3.36. The normalized spacial score (nSPS) is 11.9. The molecule has 0 saturated carbocycles. The van der Waals surface area contributed by atoms with E-state index in [4.69, 9.17) is 0 Å². The highest BCUT2D eigenvalue weighted by atomic mass is 32.2. The van der Waals surface area contributed by atoms with Crippen molar-refractivity contribution in [2.75, 3.05) is 25.1 Å². The van der Waals surface area contributed by atoms with Gasteiger partial charge in [0.05, 0.1) is 4.90 Å². The van der Waals surface area contributed by atoms with Crippen molar-refractivity contribution in [1.82, 2.24) is 10.0 Å². The zero-order valence-corrected chi connectivity index (χ0v) is 15.3. The molecule has 1 aromatic rings. The minimum Gasteiger partial charge on any atom is -0.312 e. The van der Waals surface area contributed by atoms with E-state index < -0.39 is 10.0 Å². The lowest BCUT2D eigenvalue weighted by molar-refractivity contribution is 0.572. The van der Waals surface area contributed by atoms with E-state index in [2.05, 4.69) is 16.3 Å². The molecule has 0 fully saturated rings. The summed E-state index contributed by atoms with van der Waals surface area (Å²) in [5, 5.41) is 5.01. The van der Waals surface area contributed by atoms with Crippen LogP contribution in [-0.4, -0.2) is 33.5 Å². The average Bonchev–Trinajstić information content (AvgIpc) is 2.93. The van der Waals surface area contributed by atoms with E-state index in [1.54, 1.807) is 6.07 Å². The standard InChI is InChI=1S/C14H26N2O2S3/c1-3-15-12-13-14(8-11-20-13)21(17,18)16-9-6-4-5-7-10-19-2/h8,11,15-16H,3-7,9-10,12H2,1-2H3. The molecule has 0 aliphatic heterocycles. The lowest BCUT2D eigenvalue weighted by Gasteiger charge is -2.08. The minimum atomic E-state index is -3.36. The SMILES string of the molecule is CCNCc1sccc1S(=O)(=O)NCCCCCCSC. The van der Waals surface area contributed by atoms with Gasteiger partial charge in [-0.15, -0.1) is 11.3 Å². The predicted octanol–water partition coefficient (Wildman–Crippen LogP) is 3.06. The van der Waals surface area contributed by atoms with Gasteiger partial charge in [0.15, 0.2) is 0 Å². The molecule has 7 heteroatoms. The Labute approximate surface area is 137 Å². The summed E-state index contributed by atoms with van der Waals surface area (Å²) in [6.45, 7) is 3.98. The molecule has 0 aliphatic rings. The Morgan fingerprint density at radius 1 is 1.24 bits per heavy atom. The molecule has 4 nitrogen and oxygen atoms in total. The highest BCUT2D eigenvalue weighted by molar-refractivity contribution is 7.98. The second-order valence-corrected chi connectivity index (χ2v) is 8.51. The first kappa shape index (κ1) is 19.0. The Hall–Kier alpha value is -0.0800. The Bertz CT molecular complexity index is 486. The monoisotopic (exact) mass is 350 g/mol. The zero-order chi connectivity index (χ0) is 15.6. The third kappa shape index (κ3) is 7.15. The number of nitrogens with one attached hydrogen (secondary N) is 2. The van der Waals surface area contributed by atoms with Gasteiger partial charge in [0.1, 0.15) is 0 Å². The minimum absolute atomic E-state index is 0.427. The Morgan fingerprint density at radius 3 is 2.71 bits per heavy atom. The number of rotatable bonds is 12. The molecule has 1 heterocycles. The van der Waals surface area contributed by atoms with Gasteiger partial charge in [0, 0.05) is 18.0 Å². The van der Waals surface area contributed by atoms with Gasteiger partial charge < -0.3 is 5.32 Å². The van der Waals surface area contributed by atoms with Crippen LogP contribution in [0.3, 0.4) is 0 Å². The van der Waals surface area contributed by atoms with E-state index in [1.807, 2.05) is 24.1 Å². The number of sulfonamides is 1. The van der Waals surface area contributed by atoms with Crippen LogP contribution in [-0.2, 0) is 16.6 Å². The first-order valence-electron chi connectivity index (χ1n) is 7.37. The van der Waals surface area contributed by atoms with Crippen LogP contribution in [0.1, 0.15) is 37.5 Å². The maximum atomic E-state index is 12.3. The zero-order valence-electron chi connectivity index (χ0n) is 12.9. The quantitative estimate of drug-likeness (QED) is 0.569. The van der Waals surface area contributed by atoms with E-state index >= 15 is 0 Å². The molecule has 0 amide bonds. The molecule has 0 atom stereocenters. The summed E-state index contributed by atoms with van der Waals surface area (Å²) in [5.41, 5.74) is 0. The summed E-state index contributed by atoms with van der Waals surface area (Å²) in [4.78, 5) is 1.31. The fourth-order valence-electron chi connectivity index (χ4n) is 1.94. The molecular weight excluding hydrogens is 324 g/mol. The van der Waals surface area contributed by atoms with Crippen molar-refractivity contribution in [3.05, 3.63) is 16.3 Å². The topological polar surface area (TPSA) is 58.2 Å². The molecule has 0 bridgehead atoms. The molecule has 0 radical (unpaired) electrons. The molecule has 21 heavy (non-hydrogen) atoms. The molecule has 0 aromatic carbocycles. The lowest BCUT2D eigenvalue weighted by Crippen LogP contribution is -2.26. The van der Waals surface area contributed by atoms with Crippen LogP contribution in [0.2, 0.25) is 0 Å². The molecule has 122 valence electrons. The number of unbranched alkanes of at least 4 members (excludes halogenated alkanes) is 3. The Balaban J connectivity index is 2.38. The van der Waals surface area contributed by atoms with Crippen LogP contribution in [0.15, 0.2) is 16.3 Å². The molecule has 1 aromatic heterocycles. The van der Waals surface area contributed by atoms with Gasteiger partial charge in [0.25, 0.3) is 0 Å². The van der Waals surface area contributed by atoms with Gasteiger partial charge >= 0.3 is 0 Å². The van der Waals surface area contributed by atoms with E-state index in [1.165, 1.54) is 29.9 Å². The van der Waals surface area contributed by atoms with E-state index in [-0.39, 0.29) is 0 Å². The highest BCUT2D eigenvalue weighted by Crippen LogP contribution is 2.21. The van der Waals surface area contributed by atoms with Crippen LogP contribution in [0.25, 0.3) is 0 Å². The first-order valence-corrected chi connectivity index (χ1v) is 11.1. The summed E-state index contributed by atoms with van der Waals surface area (Å²) in [6, 6.07) is 1.69. The van der Waals surface area contributed by atoms with Crippen molar-refractivity contribution in [2.24, 2.45) is 0 Å². The third-order valence-corrected chi connectivity index (χ3v) is 6.39. The number of thioether (sulfide) groups is 1. The van der Waals surface area contributed by atoms with Crippen molar-refractivity contribution in [3.63, 3.8) is 0 Å². The van der Waals surface area contributed by atoms with E-state index in [0.29, 0.717) is 18.0 Å². The maximum Gasteiger partial charge on any atom is 0.241 e. The van der Waals surface area contributed by atoms with Crippen molar-refractivity contribution >= 4 is 33.1 Å². The van der Waals surface area contributed by atoms with E-state index in [9.17, 15) is 8.42 Å². The third-order valence-electron chi connectivity index (χ3n) is 3.10. The van der Waals surface area contributed by atoms with Gasteiger partial charge in [-0.2, -0.15) is 11.8 Å². The van der Waals surface area contributed by atoms with Crippen molar-refractivity contribution < 1.29 is 8.42 Å². The Morgan fingerprint density at radius 2 is 2.00 bits per heavy atom. The molecular formula is C14H26N2O2S3. The van der Waals surface area contributed by atoms with Crippen molar-refractivity contribution in [3.8, 4) is 0 Å². The number of hydrogen-bond donors (Lipinski definition) is 2. The van der Waals surface area contributed by atoms with Gasteiger partial charge in [-0.25, -0.2) is 13.1 Å². The molecule has 0 aliphatic carbocycles. The van der Waals surface area contributed by atoms with Crippen LogP contribution in [0.4, 0.5) is 0 Å². The average molecular weight is 351 g/mol. The van der Waals surface area contributed by atoms with Crippen LogP contribution in [0, 0.1) is 0 Å². The van der Waals surface area contributed by atoms with Crippen LogP contribution in [0.5, 0.6) is 0 Å². The lowest BCUT2D eigenvalue weighted by atomic mass is 10.2. The first-order chi connectivity index (χ1) is 10.1. The number of hydrogen-bond acceptors (Lipinski definition) is 5. The summed E-state index contributed by atoms with van der Waals surface area (Å²) in [6.07, 6.45) is 6.48. The summed E-state index contributed by atoms with van der Waals surface area (Å²) < 4.78 is 27.3. The van der Waals surface area contributed by atoms with Crippen LogP contribution < -0.4 is 10.0 Å². The van der Waals surface area contributed by atoms with Crippen molar-refractivity contribution in [1.29, 1.82) is 0 Å². The van der Waals surface area contributed by atoms with Crippen LogP contribution >= 0.6 is 23.1 Å². The predicted molar refractivity (Wildman–Crippen MR) is 93.7 cm³/mol. The summed E-state index contributed by atoms with van der Waals surface area (Å²) >= 11 is 3.34. The molecule has 2 N–H and O–H groups in total. The number of thiophene rings is 1. The summed E-state index contributed by atoms with van der Waals surface area (Å²) in [5.74, 6) is 1.19. The van der Waals surface area contributed by atoms with Crippen molar-refractivity contribution in [2.45, 2.75) is 44.0 Å².